The van der Waals surface area contributed by atoms with Crippen LogP contribution >= 0.6 is 0 Å². The number of halogens is 2. The maximum Gasteiger partial charge on any atom is 0.387 e. The first kappa shape index (κ1) is 20.8. The number of hydrogen-bond donors (Lipinski definition) is 1. The summed E-state index contributed by atoms with van der Waals surface area (Å²) in [6.45, 7) is -2.23. The van der Waals surface area contributed by atoms with Gasteiger partial charge in [0.25, 0.3) is 11.8 Å². The molecule has 2 aromatic carbocycles. The SMILES string of the molecule is Cc1ccccc1OCC(=O)OCC(=O)NC(=O)c1ccc(OC(F)F)cc1. The highest BCUT2D eigenvalue weighted by molar-refractivity contribution is 6.05. The number of aryl methyl sites for hydroxylation is 1. The number of amides is 2. The molecule has 28 heavy (non-hydrogen) atoms. The van der Waals surface area contributed by atoms with Gasteiger partial charge in [-0.2, -0.15) is 8.78 Å². The maximum atomic E-state index is 12.1. The third-order valence-corrected chi connectivity index (χ3v) is 3.40. The Labute approximate surface area is 159 Å². The lowest BCUT2D eigenvalue weighted by atomic mass is 10.2. The molecule has 2 rings (SSSR count). The highest BCUT2D eigenvalue weighted by Crippen LogP contribution is 2.16. The van der Waals surface area contributed by atoms with Gasteiger partial charge in [-0.15, -0.1) is 0 Å². The zero-order chi connectivity index (χ0) is 20.5. The lowest BCUT2D eigenvalue weighted by molar-refractivity contribution is -0.150. The minimum Gasteiger partial charge on any atom is -0.482 e. The van der Waals surface area contributed by atoms with E-state index in [-0.39, 0.29) is 11.3 Å². The molecular formula is C19H17F2NO6. The van der Waals surface area contributed by atoms with Gasteiger partial charge in [-0.05, 0) is 42.8 Å². The van der Waals surface area contributed by atoms with Crippen molar-refractivity contribution in [3.05, 3.63) is 59.7 Å². The molecule has 0 radical (unpaired) electrons. The number of carbonyl (C=O) groups excluding carboxylic acids is 3. The Morgan fingerprint density at radius 2 is 1.68 bits per heavy atom. The topological polar surface area (TPSA) is 90.9 Å². The second-order valence-corrected chi connectivity index (χ2v) is 5.50. The summed E-state index contributed by atoms with van der Waals surface area (Å²) >= 11 is 0. The fourth-order valence-electron chi connectivity index (χ4n) is 2.07. The first-order valence-electron chi connectivity index (χ1n) is 8.08. The molecule has 148 valence electrons. The minimum atomic E-state index is -2.98. The Morgan fingerprint density at radius 1 is 1.00 bits per heavy atom. The fourth-order valence-corrected chi connectivity index (χ4v) is 2.07. The Morgan fingerprint density at radius 3 is 2.32 bits per heavy atom. The molecule has 1 N–H and O–H groups in total. The van der Waals surface area contributed by atoms with Crippen molar-refractivity contribution in [1.82, 2.24) is 5.32 Å². The summed E-state index contributed by atoms with van der Waals surface area (Å²) in [5.41, 5.74) is 0.882. The normalized spacial score (nSPS) is 10.3. The quantitative estimate of drug-likeness (QED) is 0.693. The van der Waals surface area contributed by atoms with Crippen molar-refractivity contribution in [2.75, 3.05) is 13.2 Å². The van der Waals surface area contributed by atoms with Crippen LogP contribution in [0.5, 0.6) is 11.5 Å². The number of rotatable bonds is 8. The molecule has 9 heteroatoms. The molecule has 7 nitrogen and oxygen atoms in total. The van der Waals surface area contributed by atoms with E-state index >= 15 is 0 Å². The highest BCUT2D eigenvalue weighted by atomic mass is 19.3. The molecule has 0 aliphatic carbocycles. The van der Waals surface area contributed by atoms with Crippen LogP contribution in [0.3, 0.4) is 0 Å². The summed E-state index contributed by atoms with van der Waals surface area (Å²) in [6, 6.07) is 11.8. The van der Waals surface area contributed by atoms with E-state index in [2.05, 4.69) is 4.74 Å². The van der Waals surface area contributed by atoms with Gasteiger partial charge in [0.05, 0.1) is 0 Å². The second kappa shape index (κ2) is 10.0. The Balaban J connectivity index is 1.74. The molecule has 0 aromatic heterocycles. The average molecular weight is 393 g/mol. The van der Waals surface area contributed by atoms with E-state index in [9.17, 15) is 23.2 Å². The van der Waals surface area contributed by atoms with E-state index in [1.54, 1.807) is 12.1 Å². The number of nitrogens with one attached hydrogen (secondary N) is 1. The van der Waals surface area contributed by atoms with Crippen molar-refractivity contribution in [2.24, 2.45) is 0 Å². The van der Waals surface area contributed by atoms with Crippen molar-refractivity contribution >= 4 is 17.8 Å². The first-order valence-corrected chi connectivity index (χ1v) is 8.08. The van der Waals surface area contributed by atoms with Gasteiger partial charge in [0, 0.05) is 5.56 Å². The summed E-state index contributed by atoms with van der Waals surface area (Å²) in [7, 11) is 0. The third kappa shape index (κ3) is 6.67. The monoisotopic (exact) mass is 393 g/mol. The van der Waals surface area contributed by atoms with Gasteiger partial charge in [-0.3, -0.25) is 14.9 Å². The molecule has 0 bridgehead atoms. The van der Waals surface area contributed by atoms with Gasteiger partial charge in [0.2, 0.25) is 0 Å². The third-order valence-electron chi connectivity index (χ3n) is 3.40. The van der Waals surface area contributed by atoms with Crippen molar-refractivity contribution in [3.8, 4) is 11.5 Å². The van der Waals surface area contributed by atoms with Crippen LogP contribution in [-0.4, -0.2) is 37.6 Å². The van der Waals surface area contributed by atoms with E-state index in [1.165, 1.54) is 12.1 Å². The van der Waals surface area contributed by atoms with Gasteiger partial charge in [0.15, 0.2) is 13.2 Å². The minimum absolute atomic E-state index is 0.0455. The molecular weight excluding hydrogens is 376 g/mol. The number of esters is 1. The molecule has 2 amide bonds. The molecule has 0 aliphatic heterocycles. The summed E-state index contributed by atoms with van der Waals surface area (Å²) in [5, 5.41) is 2.01. The van der Waals surface area contributed by atoms with Crippen LogP contribution in [0.25, 0.3) is 0 Å². The van der Waals surface area contributed by atoms with Crippen molar-refractivity contribution in [2.45, 2.75) is 13.5 Å². The molecule has 0 heterocycles. The number of benzene rings is 2. The van der Waals surface area contributed by atoms with Gasteiger partial charge in [-0.25, -0.2) is 4.79 Å². The number of ether oxygens (including phenoxy) is 3. The predicted molar refractivity (Wildman–Crippen MR) is 93.2 cm³/mol. The maximum absolute atomic E-state index is 12.1. The van der Waals surface area contributed by atoms with Crippen LogP contribution in [0.2, 0.25) is 0 Å². The summed E-state index contributed by atoms with van der Waals surface area (Å²) in [5.74, 6) is -2.01. The Hall–Kier alpha value is -3.49. The van der Waals surface area contributed by atoms with E-state index < -0.39 is 37.6 Å². The summed E-state index contributed by atoms with van der Waals surface area (Å²) in [4.78, 5) is 35.2. The summed E-state index contributed by atoms with van der Waals surface area (Å²) < 4.78 is 38.3. The largest absolute Gasteiger partial charge is 0.482 e. The Kier molecular flexibility index (Phi) is 7.44. The van der Waals surface area contributed by atoms with Crippen LogP contribution < -0.4 is 14.8 Å². The predicted octanol–water partition coefficient (Wildman–Crippen LogP) is 2.48. The van der Waals surface area contributed by atoms with Crippen LogP contribution in [0.15, 0.2) is 48.5 Å². The number of imide groups is 1. The van der Waals surface area contributed by atoms with Crippen LogP contribution in [0.1, 0.15) is 15.9 Å². The van der Waals surface area contributed by atoms with Gasteiger partial charge in [0.1, 0.15) is 11.5 Å². The van der Waals surface area contributed by atoms with Crippen molar-refractivity contribution in [3.63, 3.8) is 0 Å². The number of alkyl halides is 2. The molecule has 0 unspecified atom stereocenters. The number of hydrogen-bond acceptors (Lipinski definition) is 6. The molecule has 2 aromatic rings. The fraction of sp³-hybridized carbons (Fsp3) is 0.211. The zero-order valence-corrected chi connectivity index (χ0v) is 14.8. The smallest absolute Gasteiger partial charge is 0.387 e. The molecule has 0 saturated heterocycles. The molecule has 0 saturated carbocycles. The number of carbonyl (C=O) groups is 3. The molecule has 0 spiro atoms. The molecule has 0 atom stereocenters. The van der Waals surface area contributed by atoms with Crippen LogP contribution in [-0.2, 0) is 14.3 Å². The Bertz CT molecular complexity index is 839. The van der Waals surface area contributed by atoms with Crippen LogP contribution in [0, 0.1) is 6.92 Å². The lowest BCUT2D eigenvalue weighted by Gasteiger charge is -2.09. The second-order valence-electron chi connectivity index (χ2n) is 5.50. The first-order chi connectivity index (χ1) is 13.3. The molecule has 0 aliphatic rings. The van der Waals surface area contributed by atoms with E-state index in [1.807, 2.05) is 24.4 Å². The highest BCUT2D eigenvalue weighted by Gasteiger charge is 2.14. The van der Waals surface area contributed by atoms with Gasteiger partial charge >= 0.3 is 12.6 Å². The summed E-state index contributed by atoms with van der Waals surface area (Å²) in [6.07, 6.45) is 0. The van der Waals surface area contributed by atoms with E-state index in [0.717, 1.165) is 17.7 Å². The number of para-hydroxylation sites is 1. The van der Waals surface area contributed by atoms with E-state index in [4.69, 9.17) is 9.47 Å². The van der Waals surface area contributed by atoms with Gasteiger partial charge < -0.3 is 14.2 Å². The van der Waals surface area contributed by atoms with E-state index in [0.29, 0.717) is 5.75 Å². The lowest BCUT2D eigenvalue weighted by Crippen LogP contribution is -2.34. The van der Waals surface area contributed by atoms with Crippen molar-refractivity contribution < 1.29 is 37.4 Å². The van der Waals surface area contributed by atoms with Crippen molar-refractivity contribution in [1.29, 1.82) is 0 Å². The van der Waals surface area contributed by atoms with Crippen LogP contribution in [0.4, 0.5) is 8.78 Å². The average Bonchev–Trinajstić information content (AvgIpc) is 2.65. The zero-order valence-electron chi connectivity index (χ0n) is 14.8. The standard InChI is InChI=1S/C19H17F2NO6/c1-12-4-2-3-5-15(12)26-11-17(24)27-10-16(23)22-18(25)13-6-8-14(9-7-13)28-19(20)21/h2-9,19H,10-11H2,1H3,(H,22,23,25). The molecule has 0 fully saturated rings. The van der Waals surface area contributed by atoms with Gasteiger partial charge in [-0.1, -0.05) is 18.2 Å².